The van der Waals surface area contributed by atoms with Crippen LogP contribution in [0.15, 0.2) is 30.5 Å². The minimum absolute atomic E-state index is 0.113. The fourth-order valence-electron chi connectivity index (χ4n) is 1.39. The quantitative estimate of drug-likeness (QED) is 0.896. The number of benzene rings is 1. The van der Waals surface area contributed by atoms with E-state index in [1.165, 1.54) is 37.6 Å². The summed E-state index contributed by atoms with van der Waals surface area (Å²) in [6.07, 6.45) is 1.43. The Kier molecular flexibility index (Phi) is 3.34. The molecule has 2 aromatic rings. The van der Waals surface area contributed by atoms with Crippen LogP contribution < -0.4 is 10.1 Å². The SMILES string of the molecule is COc1cc(Nc2nnccc2C#N)ccc1F. The molecule has 5 nitrogen and oxygen atoms in total. The van der Waals surface area contributed by atoms with E-state index in [0.29, 0.717) is 17.1 Å². The van der Waals surface area contributed by atoms with Gasteiger partial charge in [-0.25, -0.2) is 4.39 Å². The average Bonchev–Trinajstić information content (AvgIpc) is 2.41. The van der Waals surface area contributed by atoms with Crippen LogP contribution in [0, 0.1) is 17.1 Å². The molecule has 0 spiro atoms. The number of halogens is 1. The van der Waals surface area contributed by atoms with Crippen LogP contribution in [0.3, 0.4) is 0 Å². The van der Waals surface area contributed by atoms with Crippen LogP contribution in [0.25, 0.3) is 0 Å². The van der Waals surface area contributed by atoms with Crippen molar-refractivity contribution < 1.29 is 9.13 Å². The maximum atomic E-state index is 13.2. The lowest BCUT2D eigenvalue weighted by Gasteiger charge is -2.08. The van der Waals surface area contributed by atoms with Gasteiger partial charge in [0.25, 0.3) is 0 Å². The third kappa shape index (κ3) is 2.35. The molecule has 0 atom stereocenters. The highest BCUT2D eigenvalue weighted by atomic mass is 19.1. The predicted octanol–water partition coefficient (Wildman–Crippen LogP) is 2.24. The van der Waals surface area contributed by atoms with Crippen LogP contribution in [0.5, 0.6) is 5.75 Å². The second kappa shape index (κ2) is 5.10. The standard InChI is InChI=1S/C12H9FN4O/c1-18-11-6-9(2-3-10(11)13)16-12-8(7-14)4-5-15-17-12/h2-6H,1H3,(H,16,17). The van der Waals surface area contributed by atoms with Gasteiger partial charge in [0.15, 0.2) is 17.4 Å². The van der Waals surface area contributed by atoms with E-state index >= 15 is 0 Å². The molecule has 1 heterocycles. The van der Waals surface area contributed by atoms with Crippen molar-refractivity contribution in [1.82, 2.24) is 10.2 Å². The van der Waals surface area contributed by atoms with Gasteiger partial charge in [-0.2, -0.15) is 10.4 Å². The summed E-state index contributed by atoms with van der Waals surface area (Å²) in [5, 5.41) is 19.3. The number of rotatable bonds is 3. The van der Waals surface area contributed by atoms with Gasteiger partial charge in [-0.15, -0.1) is 5.10 Å². The molecule has 2 rings (SSSR count). The fraction of sp³-hybridized carbons (Fsp3) is 0.0833. The van der Waals surface area contributed by atoms with Gasteiger partial charge in [0.05, 0.1) is 18.9 Å². The Hall–Kier alpha value is -2.68. The van der Waals surface area contributed by atoms with E-state index in [-0.39, 0.29) is 5.75 Å². The fourth-order valence-corrected chi connectivity index (χ4v) is 1.39. The third-order valence-electron chi connectivity index (χ3n) is 2.26. The number of hydrogen-bond donors (Lipinski definition) is 1. The Balaban J connectivity index is 2.32. The number of nitriles is 1. The first-order chi connectivity index (χ1) is 8.74. The van der Waals surface area contributed by atoms with Crippen molar-refractivity contribution in [2.24, 2.45) is 0 Å². The number of nitrogens with zero attached hydrogens (tertiary/aromatic N) is 3. The van der Waals surface area contributed by atoms with E-state index in [1.807, 2.05) is 6.07 Å². The van der Waals surface area contributed by atoms with E-state index in [2.05, 4.69) is 15.5 Å². The maximum Gasteiger partial charge on any atom is 0.171 e. The minimum atomic E-state index is -0.456. The number of nitrogens with one attached hydrogen (secondary N) is 1. The van der Waals surface area contributed by atoms with Crippen LogP contribution in [0.2, 0.25) is 0 Å². The van der Waals surface area contributed by atoms with Gasteiger partial charge in [-0.1, -0.05) is 0 Å². The topological polar surface area (TPSA) is 70.8 Å². The van der Waals surface area contributed by atoms with Crippen LogP contribution in [0.4, 0.5) is 15.9 Å². The number of hydrogen-bond acceptors (Lipinski definition) is 5. The van der Waals surface area contributed by atoms with Gasteiger partial charge >= 0.3 is 0 Å². The maximum absolute atomic E-state index is 13.2. The number of methoxy groups -OCH3 is 1. The zero-order chi connectivity index (χ0) is 13.0. The Bertz CT molecular complexity index is 609. The summed E-state index contributed by atoms with van der Waals surface area (Å²) in [7, 11) is 1.38. The van der Waals surface area contributed by atoms with Gasteiger partial charge in [-0.3, -0.25) is 0 Å². The molecule has 1 aromatic carbocycles. The van der Waals surface area contributed by atoms with E-state index < -0.39 is 5.82 Å². The highest BCUT2D eigenvalue weighted by Gasteiger charge is 2.07. The molecule has 0 radical (unpaired) electrons. The van der Waals surface area contributed by atoms with E-state index in [4.69, 9.17) is 10.00 Å². The van der Waals surface area contributed by atoms with Crippen LogP contribution in [-0.4, -0.2) is 17.3 Å². The van der Waals surface area contributed by atoms with Gasteiger partial charge in [0.1, 0.15) is 6.07 Å². The Morgan fingerprint density at radius 2 is 2.22 bits per heavy atom. The Morgan fingerprint density at radius 1 is 1.39 bits per heavy atom. The van der Waals surface area contributed by atoms with Crippen LogP contribution in [0.1, 0.15) is 5.56 Å². The molecule has 1 N–H and O–H groups in total. The molecule has 0 aliphatic heterocycles. The third-order valence-corrected chi connectivity index (χ3v) is 2.26. The molecule has 0 fully saturated rings. The minimum Gasteiger partial charge on any atom is -0.494 e. The second-order valence-corrected chi connectivity index (χ2v) is 3.38. The first-order valence-corrected chi connectivity index (χ1v) is 5.07. The van der Waals surface area contributed by atoms with Crippen LogP contribution >= 0.6 is 0 Å². The lowest BCUT2D eigenvalue weighted by atomic mass is 10.2. The summed E-state index contributed by atoms with van der Waals surface area (Å²) < 4.78 is 18.1. The van der Waals surface area contributed by atoms with Crippen molar-refractivity contribution in [1.29, 1.82) is 5.26 Å². The highest BCUT2D eigenvalue weighted by Crippen LogP contribution is 2.24. The average molecular weight is 244 g/mol. The van der Waals surface area contributed by atoms with Gasteiger partial charge < -0.3 is 10.1 Å². The molecule has 0 aliphatic rings. The monoisotopic (exact) mass is 244 g/mol. The largest absolute Gasteiger partial charge is 0.494 e. The van der Waals surface area contributed by atoms with Crippen molar-refractivity contribution in [2.45, 2.75) is 0 Å². The Morgan fingerprint density at radius 3 is 2.94 bits per heavy atom. The molecule has 18 heavy (non-hydrogen) atoms. The van der Waals surface area contributed by atoms with Crippen LogP contribution in [-0.2, 0) is 0 Å². The smallest absolute Gasteiger partial charge is 0.171 e. The van der Waals surface area contributed by atoms with Crippen molar-refractivity contribution in [3.63, 3.8) is 0 Å². The first-order valence-electron chi connectivity index (χ1n) is 5.07. The molecule has 0 unspecified atom stereocenters. The zero-order valence-electron chi connectivity index (χ0n) is 9.51. The summed E-state index contributed by atoms with van der Waals surface area (Å²) in [5.74, 6) is -0.0289. The first kappa shape index (κ1) is 11.8. The van der Waals surface area contributed by atoms with Crippen molar-refractivity contribution in [3.8, 4) is 11.8 Å². The van der Waals surface area contributed by atoms with E-state index in [0.717, 1.165) is 0 Å². The summed E-state index contributed by atoms with van der Waals surface area (Å²) in [5.41, 5.74) is 0.915. The normalized spacial score (nSPS) is 9.61. The summed E-state index contributed by atoms with van der Waals surface area (Å²) in [4.78, 5) is 0. The Labute approximate surface area is 103 Å². The number of aromatic nitrogens is 2. The lowest BCUT2D eigenvalue weighted by Crippen LogP contribution is -1.99. The molecular weight excluding hydrogens is 235 g/mol. The lowest BCUT2D eigenvalue weighted by molar-refractivity contribution is 0.387. The highest BCUT2D eigenvalue weighted by molar-refractivity contribution is 5.63. The molecular formula is C12H9FN4O. The molecule has 0 bridgehead atoms. The van der Waals surface area contributed by atoms with E-state index in [9.17, 15) is 4.39 Å². The zero-order valence-corrected chi connectivity index (χ0v) is 9.51. The number of ether oxygens (including phenoxy) is 1. The number of anilines is 2. The van der Waals surface area contributed by atoms with Crippen molar-refractivity contribution in [3.05, 3.63) is 41.8 Å². The molecule has 90 valence electrons. The molecule has 0 saturated heterocycles. The molecule has 0 saturated carbocycles. The molecule has 6 heteroatoms. The van der Waals surface area contributed by atoms with Gasteiger partial charge in [0, 0.05) is 11.8 Å². The second-order valence-electron chi connectivity index (χ2n) is 3.38. The molecule has 0 amide bonds. The summed E-state index contributed by atoms with van der Waals surface area (Å²) >= 11 is 0. The van der Waals surface area contributed by atoms with Gasteiger partial charge in [-0.05, 0) is 18.2 Å². The predicted molar refractivity (Wildman–Crippen MR) is 63.0 cm³/mol. The molecule has 0 aliphatic carbocycles. The molecule has 1 aromatic heterocycles. The summed E-state index contributed by atoms with van der Waals surface area (Å²) in [6.45, 7) is 0. The summed E-state index contributed by atoms with van der Waals surface area (Å²) in [6, 6.07) is 7.79. The van der Waals surface area contributed by atoms with Crippen molar-refractivity contribution >= 4 is 11.5 Å². The van der Waals surface area contributed by atoms with Gasteiger partial charge in [0.2, 0.25) is 0 Å². The van der Waals surface area contributed by atoms with Crippen molar-refractivity contribution in [2.75, 3.05) is 12.4 Å². The van der Waals surface area contributed by atoms with E-state index in [1.54, 1.807) is 0 Å².